The van der Waals surface area contributed by atoms with Gasteiger partial charge in [0.2, 0.25) is 0 Å². The van der Waals surface area contributed by atoms with Crippen LogP contribution in [0.3, 0.4) is 0 Å². The normalized spacial score (nSPS) is 32.1. The Hall–Kier alpha value is -2.10. The first kappa shape index (κ1) is 19.8. The van der Waals surface area contributed by atoms with Gasteiger partial charge in [-0.1, -0.05) is 13.8 Å². The van der Waals surface area contributed by atoms with E-state index in [-0.39, 0.29) is 12.2 Å². The van der Waals surface area contributed by atoms with Gasteiger partial charge in [-0.05, 0) is 61.6 Å². The molecule has 2 aliphatic heterocycles. The quantitative estimate of drug-likeness (QED) is 0.777. The molecule has 0 spiro atoms. The van der Waals surface area contributed by atoms with Gasteiger partial charge in [0.05, 0.1) is 29.6 Å². The molecule has 2 aromatic rings. The summed E-state index contributed by atoms with van der Waals surface area (Å²) in [5.74, 6) is 3.47. The van der Waals surface area contributed by atoms with Crippen molar-refractivity contribution in [1.82, 2.24) is 14.5 Å². The molecule has 3 fully saturated rings. The third kappa shape index (κ3) is 3.48. The minimum Gasteiger partial charge on any atom is -0.370 e. The first-order valence-corrected chi connectivity index (χ1v) is 11.5. The Morgan fingerprint density at radius 2 is 2.03 bits per heavy atom. The van der Waals surface area contributed by atoms with Gasteiger partial charge >= 0.3 is 0 Å². The summed E-state index contributed by atoms with van der Waals surface area (Å²) in [6.45, 7) is 12.2. The van der Waals surface area contributed by atoms with Crippen molar-refractivity contribution in [2.45, 2.75) is 45.8 Å². The monoisotopic (exact) mass is 407 g/mol. The number of ether oxygens (including phenoxy) is 1. The average molecular weight is 408 g/mol. The molecule has 0 amide bonds. The number of hydrogen-bond acceptors (Lipinski definition) is 5. The summed E-state index contributed by atoms with van der Waals surface area (Å²) in [6.07, 6.45) is 5.00. The van der Waals surface area contributed by atoms with Gasteiger partial charge in [-0.2, -0.15) is 10.4 Å². The van der Waals surface area contributed by atoms with Crippen LogP contribution in [0.2, 0.25) is 0 Å². The Morgan fingerprint density at radius 1 is 1.17 bits per heavy atom. The highest BCUT2D eigenvalue weighted by molar-refractivity contribution is 5.74. The number of likely N-dealkylation sites (tertiary alicyclic amines) is 1. The number of nitriles is 1. The maximum absolute atomic E-state index is 9.37. The lowest BCUT2D eigenvalue weighted by Gasteiger charge is -2.40. The Kier molecular flexibility index (Phi) is 5.20. The molecular formula is C24H33N5O. The highest BCUT2D eigenvalue weighted by atomic mass is 16.5. The zero-order valence-corrected chi connectivity index (χ0v) is 18.4. The maximum atomic E-state index is 9.37. The van der Waals surface area contributed by atoms with Crippen LogP contribution in [0.5, 0.6) is 0 Å². The van der Waals surface area contributed by atoms with Crippen LogP contribution in [0.25, 0.3) is 5.52 Å². The lowest BCUT2D eigenvalue weighted by Crippen LogP contribution is -2.50. The van der Waals surface area contributed by atoms with Crippen LogP contribution in [0.1, 0.15) is 39.3 Å². The first-order chi connectivity index (χ1) is 14.5. The van der Waals surface area contributed by atoms with Gasteiger partial charge in [-0.3, -0.25) is 0 Å². The number of hydrogen-bond donors (Lipinski definition) is 0. The van der Waals surface area contributed by atoms with Crippen molar-refractivity contribution >= 4 is 11.2 Å². The van der Waals surface area contributed by atoms with Crippen LogP contribution in [0.15, 0.2) is 24.4 Å². The van der Waals surface area contributed by atoms with E-state index >= 15 is 0 Å². The van der Waals surface area contributed by atoms with E-state index < -0.39 is 0 Å². The zero-order chi connectivity index (χ0) is 20.8. The summed E-state index contributed by atoms with van der Waals surface area (Å²) in [5.41, 5.74) is 2.71. The van der Waals surface area contributed by atoms with Crippen molar-refractivity contribution in [3.63, 3.8) is 0 Å². The van der Waals surface area contributed by atoms with Gasteiger partial charge in [0.25, 0.3) is 0 Å². The molecule has 5 rings (SSSR count). The lowest BCUT2D eigenvalue weighted by molar-refractivity contribution is -0.0305. The highest BCUT2D eigenvalue weighted by Gasteiger charge is 2.44. The van der Waals surface area contributed by atoms with Crippen molar-refractivity contribution in [3.8, 4) is 6.07 Å². The zero-order valence-electron chi connectivity index (χ0n) is 18.4. The minimum atomic E-state index is 0.188. The molecule has 2 aromatic heterocycles. The maximum Gasteiger partial charge on any atom is 0.142 e. The van der Waals surface area contributed by atoms with Crippen LogP contribution in [-0.2, 0) is 4.74 Å². The Labute approximate surface area is 179 Å². The predicted octanol–water partition coefficient (Wildman–Crippen LogP) is 3.41. The standard InChI is InChI=1S/C24H33N5O/c1-16(2)21-6-4-18-12-27(15-22(18)21)13-20-14-28(11-17(3)30-20)23-7-5-19(10-25)29-24(23)8-9-26-29/h5,7-9,16-18,20-22H,4,6,11-15H2,1-3H3/t17-,18?,20+,21?,22?/m1/s1. The summed E-state index contributed by atoms with van der Waals surface area (Å²) in [6, 6.07) is 8.17. The number of anilines is 1. The number of morpholine rings is 1. The predicted molar refractivity (Wildman–Crippen MR) is 117 cm³/mol. The van der Waals surface area contributed by atoms with E-state index in [4.69, 9.17) is 4.74 Å². The van der Waals surface area contributed by atoms with Gasteiger partial charge in [0.15, 0.2) is 0 Å². The number of nitrogens with zero attached hydrogens (tertiary/aromatic N) is 5. The third-order valence-electron chi connectivity index (χ3n) is 7.62. The van der Waals surface area contributed by atoms with E-state index in [1.165, 1.54) is 25.9 Å². The fourth-order valence-corrected chi connectivity index (χ4v) is 6.36. The molecule has 3 aliphatic rings. The largest absolute Gasteiger partial charge is 0.370 e. The first-order valence-electron chi connectivity index (χ1n) is 11.5. The van der Waals surface area contributed by atoms with Gasteiger partial charge in [0.1, 0.15) is 11.8 Å². The van der Waals surface area contributed by atoms with E-state index in [1.807, 2.05) is 12.1 Å². The van der Waals surface area contributed by atoms with Crippen LogP contribution >= 0.6 is 0 Å². The Bertz CT molecular complexity index is 947. The SMILES string of the molecule is CC(C)C1CCC2CN(C[C@H]3CN(c4ccc(C#N)n5nccc45)C[C@@H](C)O3)CC21. The molecule has 1 aliphatic carbocycles. The molecule has 4 heterocycles. The Balaban J connectivity index is 1.30. The van der Waals surface area contributed by atoms with Crippen molar-refractivity contribution < 1.29 is 4.74 Å². The molecular weight excluding hydrogens is 374 g/mol. The van der Waals surface area contributed by atoms with Crippen molar-refractivity contribution in [2.75, 3.05) is 37.6 Å². The Morgan fingerprint density at radius 3 is 2.83 bits per heavy atom. The number of pyridine rings is 1. The average Bonchev–Trinajstić information content (AvgIpc) is 3.41. The van der Waals surface area contributed by atoms with E-state index in [9.17, 15) is 5.26 Å². The van der Waals surface area contributed by atoms with Gasteiger partial charge in [-0.15, -0.1) is 0 Å². The van der Waals surface area contributed by atoms with E-state index in [2.05, 4.69) is 47.8 Å². The number of aromatic nitrogens is 2. The van der Waals surface area contributed by atoms with Crippen LogP contribution in [0, 0.1) is 35.0 Å². The topological polar surface area (TPSA) is 56.8 Å². The van der Waals surface area contributed by atoms with Crippen molar-refractivity contribution in [3.05, 3.63) is 30.1 Å². The van der Waals surface area contributed by atoms with E-state index in [0.29, 0.717) is 5.69 Å². The summed E-state index contributed by atoms with van der Waals surface area (Å²) in [4.78, 5) is 5.09. The smallest absolute Gasteiger partial charge is 0.142 e. The molecule has 30 heavy (non-hydrogen) atoms. The van der Waals surface area contributed by atoms with E-state index in [0.717, 1.165) is 54.5 Å². The van der Waals surface area contributed by atoms with Gasteiger partial charge in [0, 0.05) is 32.7 Å². The van der Waals surface area contributed by atoms with Crippen LogP contribution < -0.4 is 4.90 Å². The van der Waals surface area contributed by atoms with Crippen LogP contribution in [-0.4, -0.2) is 59.4 Å². The summed E-state index contributed by atoms with van der Waals surface area (Å²) in [5, 5.41) is 13.7. The summed E-state index contributed by atoms with van der Waals surface area (Å²) < 4.78 is 8.12. The van der Waals surface area contributed by atoms with Gasteiger partial charge in [-0.25, -0.2) is 4.52 Å². The van der Waals surface area contributed by atoms with Crippen molar-refractivity contribution in [1.29, 1.82) is 5.26 Å². The minimum absolute atomic E-state index is 0.188. The molecule has 2 saturated heterocycles. The van der Waals surface area contributed by atoms with Crippen LogP contribution in [0.4, 0.5) is 5.69 Å². The van der Waals surface area contributed by atoms with Crippen molar-refractivity contribution in [2.24, 2.45) is 23.7 Å². The second-order valence-electron chi connectivity index (χ2n) is 9.95. The molecule has 1 saturated carbocycles. The highest BCUT2D eigenvalue weighted by Crippen LogP contribution is 2.45. The third-order valence-corrected chi connectivity index (χ3v) is 7.62. The molecule has 0 aromatic carbocycles. The molecule has 160 valence electrons. The van der Waals surface area contributed by atoms with E-state index in [1.54, 1.807) is 10.7 Å². The fourth-order valence-electron chi connectivity index (χ4n) is 6.36. The molecule has 0 bridgehead atoms. The second-order valence-corrected chi connectivity index (χ2v) is 9.95. The molecule has 0 radical (unpaired) electrons. The summed E-state index contributed by atoms with van der Waals surface area (Å²) >= 11 is 0. The molecule has 3 unspecified atom stereocenters. The molecule has 6 heteroatoms. The lowest BCUT2D eigenvalue weighted by atomic mass is 9.84. The summed E-state index contributed by atoms with van der Waals surface area (Å²) in [7, 11) is 0. The molecule has 6 nitrogen and oxygen atoms in total. The second kappa shape index (κ2) is 7.86. The molecule has 5 atom stereocenters. The number of rotatable bonds is 4. The fraction of sp³-hybridized carbons (Fsp3) is 0.667. The number of fused-ring (bicyclic) bond motifs is 2. The van der Waals surface area contributed by atoms with Gasteiger partial charge < -0.3 is 14.5 Å². The molecule has 0 N–H and O–H groups in total.